The first-order valence-corrected chi connectivity index (χ1v) is 11.8. The van der Waals surface area contributed by atoms with Crippen LogP contribution in [-0.4, -0.2) is 54.4 Å². The van der Waals surface area contributed by atoms with Crippen LogP contribution in [0.15, 0.2) is 42.7 Å². The molecule has 11 nitrogen and oxygen atoms in total. The van der Waals surface area contributed by atoms with Crippen molar-refractivity contribution < 1.29 is 34.3 Å². The van der Waals surface area contributed by atoms with E-state index in [2.05, 4.69) is 4.98 Å². The first-order chi connectivity index (χ1) is 16.6. The molecule has 1 unspecified atom stereocenters. The molecule has 5 atom stereocenters. The molecule has 0 saturated carbocycles. The standard InChI is InChI=1S/C23H23N5O6S/c1-10-15(19(23(33)34)28-18(10)16(11(2)29)21(28)32)13-7-27-9-25-17(22(27)35-13)20(31)12-3-5-26(6-4-12)8-14(24)30/h3-7,9-11,16,18,20,29,31H,8H2,1-2H3,(H2-,24,30,33,34)/t10-,11+,16+,18+,20?/m0/s1. The molecule has 0 bridgehead atoms. The quantitative estimate of drug-likeness (QED) is 0.266. The van der Waals surface area contributed by atoms with Crippen molar-refractivity contribution in [1.82, 2.24) is 14.3 Å². The van der Waals surface area contributed by atoms with Crippen molar-refractivity contribution in [2.45, 2.75) is 38.6 Å². The number of carboxylic acids is 1. The molecule has 4 N–H and O–H groups in total. The summed E-state index contributed by atoms with van der Waals surface area (Å²) in [5, 5.41) is 33.1. The van der Waals surface area contributed by atoms with Crippen molar-refractivity contribution in [2.75, 3.05) is 0 Å². The summed E-state index contributed by atoms with van der Waals surface area (Å²) in [6.45, 7) is 3.37. The molecular weight excluding hydrogens is 474 g/mol. The van der Waals surface area contributed by atoms with Gasteiger partial charge in [0.2, 0.25) is 12.5 Å². The van der Waals surface area contributed by atoms with Gasteiger partial charge in [-0.25, -0.2) is 4.98 Å². The molecule has 0 spiro atoms. The lowest BCUT2D eigenvalue weighted by atomic mass is 9.77. The van der Waals surface area contributed by atoms with Crippen molar-refractivity contribution in [3.05, 3.63) is 58.9 Å². The zero-order valence-electron chi connectivity index (χ0n) is 18.9. The van der Waals surface area contributed by atoms with Crippen molar-refractivity contribution in [3.8, 4) is 0 Å². The summed E-state index contributed by atoms with van der Waals surface area (Å²) in [6, 6.07) is 2.87. The summed E-state index contributed by atoms with van der Waals surface area (Å²) in [6.07, 6.45) is 4.55. The molecule has 5 heterocycles. The first kappa shape index (κ1) is 23.1. The van der Waals surface area contributed by atoms with E-state index in [4.69, 9.17) is 5.73 Å². The second-order valence-corrected chi connectivity index (χ2v) is 9.94. The van der Waals surface area contributed by atoms with Crippen LogP contribution in [0.4, 0.5) is 0 Å². The Morgan fingerprint density at radius 2 is 2.00 bits per heavy atom. The van der Waals surface area contributed by atoms with Gasteiger partial charge in [-0.3, -0.25) is 14.0 Å². The number of hydrogen-bond donors (Lipinski definition) is 3. The topological polar surface area (TPSA) is 165 Å². The number of rotatable bonds is 7. The fourth-order valence-corrected chi connectivity index (χ4v) is 6.35. The average molecular weight is 498 g/mol. The molecule has 0 aromatic carbocycles. The number of pyridine rings is 1. The number of aliphatic hydroxyl groups is 2. The lowest BCUT2D eigenvalue weighted by Gasteiger charge is -2.47. The van der Waals surface area contributed by atoms with E-state index in [0.29, 0.717) is 26.5 Å². The highest BCUT2D eigenvalue weighted by molar-refractivity contribution is 7.18. The van der Waals surface area contributed by atoms with E-state index in [1.807, 2.05) is 6.92 Å². The molecular formula is C23H23N5O6S. The third kappa shape index (κ3) is 3.52. The number of aliphatic carboxylic acids is 1. The van der Waals surface area contributed by atoms with Crippen LogP contribution in [0.1, 0.15) is 36.1 Å². The lowest BCUT2D eigenvalue weighted by Crippen LogP contribution is -2.64. The Labute approximate surface area is 203 Å². The number of aromatic nitrogens is 3. The Hall–Kier alpha value is -3.61. The van der Waals surface area contributed by atoms with Gasteiger partial charge in [0.1, 0.15) is 23.0 Å². The fourth-order valence-electron chi connectivity index (χ4n) is 5.11. The van der Waals surface area contributed by atoms with Crippen LogP contribution in [0.3, 0.4) is 0 Å². The zero-order valence-corrected chi connectivity index (χ0v) is 19.7. The molecule has 182 valence electrons. The summed E-state index contributed by atoms with van der Waals surface area (Å²) in [5.74, 6) is -3.36. The van der Waals surface area contributed by atoms with Crippen LogP contribution < -0.4 is 15.4 Å². The summed E-state index contributed by atoms with van der Waals surface area (Å²) in [5.41, 5.74) is 6.44. The van der Waals surface area contributed by atoms with E-state index < -0.39 is 42.0 Å². The van der Waals surface area contributed by atoms with Crippen LogP contribution in [-0.2, 0) is 20.9 Å². The number of thiazole rings is 1. The first-order valence-electron chi connectivity index (χ1n) is 11.0. The van der Waals surface area contributed by atoms with Crippen LogP contribution >= 0.6 is 11.3 Å². The number of aliphatic hydroxyl groups excluding tert-OH is 2. The predicted molar refractivity (Wildman–Crippen MR) is 120 cm³/mol. The van der Waals surface area contributed by atoms with E-state index in [9.17, 15) is 29.7 Å². The number of fused-ring (bicyclic) bond motifs is 2. The van der Waals surface area contributed by atoms with Crippen LogP contribution in [0.5, 0.6) is 0 Å². The minimum atomic E-state index is -1.45. The Bertz CT molecular complexity index is 1390. The Morgan fingerprint density at radius 3 is 2.60 bits per heavy atom. The van der Waals surface area contributed by atoms with Gasteiger partial charge in [0.25, 0.3) is 5.91 Å². The van der Waals surface area contributed by atoms with Gasteiger partial charge in [-0.1, -0.05) is 6.92 Å². The number of carbonyl (C=O) groups excluding carboxylic acids is 3. The van der Waals surface area contributed by atoms with E-state index in [1.165, 1.54) is 29.5 Å². The SMILES string of the molecule is C[C@@H](O)[C@H]1C(=O)N2C(C(=O)[O-])=C(c3cn4cnc(C(O)c5cc[n+](CC(N)=O)cc5)c4s3)[C@H](C)[C@H]12. The van der Waals surface area contributed by atoms with Crippen molar-refractivity contribution in [1.29, 1.82) is 0 Å². The number of nitrogens with zero attached hydrogens (tertiary/aromatic N) is 4. The Morgan fingerprint density at radius 1 is 1.31 bits per heavy atom. The highest BCUT2D eigenvalue weighted by atomic mass is 32.1. The van der Waals surface area contributed by atoms with Gasteiger partial charge in [-0.2, -0.15) is 4.57 Å². The van der Waals surface area contributed by atoms with Gasteiger partial charge in [0, 0.05) is 29.8 Å². The molecule has 5 rings (SSSR count). The van der Waals surface area contributed by atoms with Crippen LogP contribution in [0.25, 0.3) is 10.4 Å². The summed E-state index contributed by atoms with van der Waals surface area (Å²) in [7, 11) is 0. The fraction of sp³-hybridized carbons (Fsp3) is 0.348. The molecule has 2 amide bonds. The number of hydrogen-bond acceptors (Lipinski definition) is 8. The largest absolute Gasteiger partial charge is 0.543 e. The van der Waals surface area contributed by atoms with Gasteiger partial charge >= 0.3 is 0 Å². The second kappa shape index (κ2) is 8.26. The molecule has 2 aliphatic heterocycles. The third-order valence-electron chi connectivity index (χ3n) is 6.70. The minimum Gasteiger partial charge on any atom is -0.543 e. The highest BCUT2D eigenvalue weighted by Crippen LogP contribution is 2.51. The number of β-lactam (4-membered cyclic amide) rings is 1. The smallest absolute Gasteiger partial charge is 0.283 e. The summed E-state index contributed by atoms with van der Waals surface area (Å²) in [4.78, 5) is 42.5. The van der Waals surface area contributed by atoms with Crippen molar-refractivity contribution >= 4 is 39.5 Å². The van der Waals surface area contributed by atoms with Gasteiger partial charge in [-0.15, -0.1) is 11.3 Å². The minimum absolute atomic E-state index is 0.0177. The van der Waals surface area contributed by atoms with Crippen molar-refractivity contribution in [3.63, 3.8) is 0 Å². The molecule has 2 aliphatic rings. The maximum Gasteiger partial charge on any atom is 0.283 e. The van der Waals surface area contributed by atoms with Gasteiger partial charge < -0.3 is 30.7 Å². The average Bonchev–Trinajstić information content (AvgIpc) is 3.43. The molecule has 35 heavy (non-hydrogen) atoms. The second-order valence-electron chi connectivity index (χ2n) is 8.91. The van der Waals surface area contributed by atoms with E-state index in [-0.39, 0.29) is 18.2 Å². The molecule has 1 fully saturated rings. The molecule has 3 aromatic rings. The van der Waals surface area contributed by atoms with Crippen LogP contribution in [0.2, 0.25) is 0 Å². The number of primary amides is 1. The molecule has 3 aromatic heterocycles. The van der Waals surface area contributed by atoms with Gasteiger partial charge in [0.05, 0.1) is 34.6 Å². The van der Waals surface area contributed by atoms with E-state index in [1.54, 1.807) is 39.7 Å². The van der Waals surface area contributed by atoms with E-state index in [0.717, 1.165) is 0 Å². The maximum absolute atomic E-state index is 12.6. The summed E-state index contributed by atoms with van der Waals surface area (Å²) < 4.78 is 3.29. The monoisotopic (exact) mass is 497 g/mol. The lowest BCUT2D eigenvalue weighted by molar-refractivity contribution is -0.684. The predicted octanol–water partition coefficient (Wildman–Crippen LogP) is -1.43. The molecule has 0 radical (unpaired) electrons. The normalized spacial score (nSPS) is 23.4. The van der Waals surface area contributed by atoms with Gasteiger partial charge in [0.15, 0.2) is 12.4 Å². The number of amides is 2. The van der Waals surface area contributed by atoms with E-state index >= 15 is 0 Å². The van der Waals surface area contributed by atoms with Crippen LogP contribution in [0, 0.1) is 11.8 Å². The maximum atomic E-state index is 12.6. The number of nitrogens with two attached hydrogens (primary N) is 1. The van der Waals surface area contributed by atoms with Crippen molar-refractivity contribution in [2.24, 2.45) is 17.6 Å². The third-order valence-corrected chi connectivity index (χ3v) is 7.86. The molecule has 12 heteroatoms. The Kier molecular flexibility index (Phi) is 5.46. The molecule has 1 saturated heterocycles. The molecule has 0 aliphatic carbocycles. The Balaban J connectivity index is 1.51. The number of carboxylic acid groups (broad SMARTS) is 1. The van der Waals surface area contributed by atoms with Gasteiger partial charge in [-0.05, 0) is 12.5 Å². The highest BCUT2D eigenvalue weighted by Gasteiger charge is 2.58. The number of carbonyl (C=O) groups is 3. The summed E-state index contributed by atoms with van der Waals surface area (Å²) >= 11 is 1.25. The zero-order chi connectivity index (χ0) is 25.2. The number of imidazole rings is 1.